The summed E-state index contributed by atoms with van der Waals surface area (Å²) >= 11 is 6.25. The Kier molecular flexibility index (Phi) is 4.63. The number of hydrogen-bond donors (Lipinski definition) is 1. The maximum atomic E-state index is 6.25. The molecule has 0 radical (unpaired) electrons. The molecule has 4 heteroatoms. The molecule has 0 unspecified atom stereocenters. The molecule has 0 saturated carbocycles. The third-order valence-electron chi connectivity index (χ3n) is 4.03. The van der Waals surface area contributed by atoms with Gasteiger partial charge in [-0.3, -0.25) is 0 Å². The molecule has 0 atom stereocenters. The van der Waals surface area contributed by atoms with Gasteiger partial charge in [-0.15, -0.1) is 0 Å². The number of benzene rings is 2. The second kappa shape index (κ2) is 6.70. The number of nitrogens with zero attached hydrogens (tertiary/aromatic N) is 1. The Bertz CT molecular complexity index is 890. The van der Waals surface area contributed by atoms with E-state index >= 15 is 0 Å². The SMILES string of the molecule is Cc1c(Nc2ccc3cccc(Cl)c3n2)ccc(OC(C)C)c1C. The molecule has 1 N–H and O–H groups in total. The molecule has 1 heterocycles. The number of ether oxygens (including phenoxy) is 1. The van der Waals surface area contributed by atoms with Crippen LogP contribution in [0, 0.1) is 13.8 Å². The van der Waals surface area contributed by atoms with Gasteiger partial charge in [0.25, 0.3) is 0 Å². The first-order chi connectivity index (χ1) is 11.5. The quantitative estimate of drug-likeness (QED) is 0.629. The van der Waals surface area contributed by atoms with Crippen molar-refractivity contribution in [2.75, 3.05) is 5.32 Å². The van der Waals surface area contributed by atoms with E-state index in [1.165, 1.54) is 0 Å². The molecule has 0 fully saturated rings. The van der Waals surface area contributed by atoms with Gasteiger partial charge in [0.1, 0.15) is 11.6 Å². The van der Waals surface area contributed by atoms with E-state index in [-0.39, 0.29) is 6.10 Å². The van der Waals surface area contributed by atoms with Gasteiger partial charge < -0.3 is 10.1 Å². The van der Waals surface area contributed by atoms with Crippen LogP contribution in [0.4, 0.5) is 11.5 Å². The standard InChI is InChI=1S/C20H21ClN2O/c1-12(2)24-18-10-9-17(13(3)14(18)4)22-19-11-8-15-6-5-7-16(21)20(15)23-19/h5-12H,1-4H3,(H,22,23). The molecular formula is C20H21ClN2O. The number of fused-ring (bicyclic) bond motifs is 1. The zero-order chi connectivity index (χ0) is 17.3. The van der Waals surface area contributed by atoms with Crippen molar-refractivity contribution in [2.45, 2.75) is 33.8 Å². The van der Waals surface area contributed by atoms with Crippen LogP contribution in [0.3, 0.4) is 0 Å². The zero-order valence-electron chi connectivity index (χ0n) is 14.4. The first-order valence-electron chi connectivity index (χ1n) is 8.05. The van der Waals surface area contributed by atoms with Crippen molar-refractivity contribution in [3.63, 3.8) is 0 Å². The van der Waals surface area contributed by atoms with E-state index in [0.717, 1.165) is 39.3 Å². The van der Waals surface area contributed by atoms with Crippen molar-refractivity contribution in [3.05, 3.63) is 58.6 Å². The fourth-order valence-corrected chi connectivity index (χ4v) is 2.86. The van der Waals surface area contributed by atoms with Crippen LogP contribution in [0.1, 0.15) is 25.0 Å². The summed E-state index contributed by atoms with van der Waals surface area (Å²) in [6.07, 6.45) is 0.159. The Balaban J connectivity index is 1.94. The number of rotatable bonds is 4. The van der Waals surface area contributed by atoms with Crippen LogP contribution in [0.2, 0.25) is 5.02 Å². The first-order valence-corrected chi connectivity index (χ1v) is 8.42. The summed E-state index contributed by atoms with van der Waals surface area (Å²) in [5.41, 5.74) is 4.10. The topological polar surface area (TPSA) is 34.2 Å². The number of hydrogen-bond acceptors (Lipinski definition) is 3. The maximum Gasteiger partial charge on any atom is 0.131 e. The van der Waals surface area contributed by atoms with Crippen molar-refractivity contribution < 1.29 is 4.74 Å². The number of para-hydroxylation sites is 1. The lowest BCUT2D eigenvalue weighted by atomic mass is 10.1. The van der Waals surface area contributed by atoms with Crippen LogP contribution in [-0.2, 0) is 0 Å². The van der Waals surface area contributed by atoms with Crippen LogP contribution >= 0.6 is 11.6 Å². The number of halogens is 1. The Morgan fingerprint density at radius 2 is 1.79 bits per heavy atom. The van der Waals surface area contributed by atoms with Gasteiger partial charge in [0.05, 0.1) is 16.6 Å². The molecule has 0 amide bonds. The van der Waals surface area contributed by atoms with Crippen molar-refractivity contribution in [2.24, 2.45) is 0 Å². The molecule has 2 aromatic carbocycles. The predicted molar refractivity (Wildman–Crippen MR) is 102 cm³/mol. The second-order valence-electron chi connectivity index (χ2n) is 6.16. The lowest BCUT2D eigenvalue weighted by molar-refractivity contribution is 0.240. The first kappa shape index (κ1) is 16.6. The van der Waals surface area contributed by atoms with E-state index < -0.39 is 0 Å². The van der Waals surface area contributed by atoms with Gasteiger partial charge >= 0.3 is 0 Å². The second-order valence-corrected chi connectivity index (χ2v) is 6.57. The van der Waals surface area contributed by atoms with E-state index in [4.69, 9.17) is 16.3 Å². The average Bonchev–Trinajstić information content (AvgIpc) is 2.55. The molecular weight excluding hydrogens is 320 g/mol. The van der Waals surface area contributed by atoms with Gasteiger partial charge in [-0.25, -0.2) is 4.98 Å². The Hall–Kier alpha value is -2.26. The molecule has 1 aromatic heterocycles. The third kappa shape index (κ3) is 3.31. The van der Waals surface area contributed by atoms with Crippen LogP contribution in [0.25, 0.3) is 10.9 Å². The normalized spacial score (nSPS) is 11.1. The summed E-state index contributed by atoms with van der Waals surface area (Å²) in [4.78, 5) is 4.64. The zero-order valence-corrected chi connectivity index (χ0v) is 15.1. The largest absolute Gasteiger partial charge is 0.491 e. The maximum absolute atomic E-state index is 6.25. The fourth-order valence-electron chi connectivity index (χ4n) is 2.63. The third-order valence-corrected chi connectivity index (χ3v) is 4.34. The van der Waals surface area contributed by atoms with Crippen molar-refractivity contribution in [1.29, 1.82) is 0 Å². The molecule has 0 aliphatic heterocycles. The molecule has 24 heavy (non-hydrogen) atoms. The summed E-state index contributed by atoms with van der Waals surface area (Å²) in [5.74, 6) is 1.69. The number of anilines is 2. The highest BCUT2D eigenvalue weighted by Gasteiger charge is 2.10. The molecule has 0 bridgehead atoms. The van der Waals surface area contributed by atoms with Gasteiger partial charge in [0.15, 0.2) is 0 Å². The van der Waals surface area contributed by atoms with Crippen molar-refractivity contribution in [3.8, 4) is 5.75 Å². The minimum absolute atomic E-state index is 0.159. The molecule has 3 nitrogen and oxygen atoms in total. The lowest BCUT2D eigenvalue weighted by Gasteiger charge is -2.17. The van der Waals surface area contributed by atoms with Crippen LogP contribution in [0.5, 0.6) is 5.75 Å². The number of nitrogens with one attached hydrogen (secondary N) is 1. The predicted octanol–water partition coefficient (Wildman–Crippen LogP) is 6.04. The minimum Gasteiger partial charge on any atom is -0.491 e. The highest BCUT2D eigenvalue weighted by molar-refractivity contribution is 6.35. The lowest BCUT2D eigenvalue weighted by Crippen LogP contribution is -2.08. The summed E-state index contributed by atoms with van der Waals surface area (Å²) in [7, 11) is 0. The van der Waals surface area contributed by atoms with E-state index in [1.807, 2.05) is 56.3 Å². The summed E-state index contributed by atoms with van der Waals surface area (Å²) in [6, 6.07) is 13.8. The Morgan fingerprint density at radius 3 is 2.54 bits per heavy atom. The molecule has 3 rings (SSSR count). The van der Waals surface area contributed by atoms with Gasteiger partial charge in [-0.2, -0.15) is 0 Å². The monoisotopic (exact) mass is 340 g/mol. The molecule has 124 valence electrons. The van der Waals surface area contributed by atoms with E-state index in [1.54, 1.807) is 0 Å². The van der Waals surface area contributed by atoms with Gasteiger partial charge in [0.2, 0.25) is 0 Å². The highest BCUT2D eigenvalue weighted by Crippen LogP contribution is 2.31. The van der Waals surface area contributed by atoms with Crippen LogP contribution < -0.4 is 10.1 Å². The summed E-state index contributed by atoms with van der Waals surface area (Å²) in [6.45, 7) is 8.22. The van der Waals surface area contributed by atoms with Gasteiger partial charge in [0, 0.05) is 11.1 Å². The Morgan fingerprint density at radius 1 is 1.00 bits per heavy atom. The number of pyridine rings is 1. The molecule has 0 saturated heterocycles. The minimum atomic E-state index is 0.159. The van der Waals surface area contributed by atoms with E-state index in [0.29, 0.717) is 5.02 Å². The van der Waals surface area contributed by atoms with E-state index in [2.05, 4.69) is 24.1 Å². The smallest absolute Gasteiger partial charge is 0.131 e. The molecule has 3 aromatic rings. The van der Waals surface area contributed by atoms with E-state index in [9.17, 15) is 0 Å². The molecule has 0 aliphatic carbocycles. The average molecular weight is 341 g/mol. The van der Waals surface area contributed by atoms with Gasteiger partial charge in [-0.1, -0.05) is 23.7 Å². The van der Waals surface area contributed by atoms with Crippen molar-refractivity contribution >= 4 is 34.0 Å². The fraction of sp³-hybridized carbons (Fsp3) is 0.250. The summed E-state index contributed by atoms with van der Waals surface area (Å²) in [5, 5.41) is 5.07. The summed E-state index contributed by atoms with van der Waals surface area (Å²) < 4.78 is 5.84. The molecule has 0 spiro atoms. The molecule has 0 aliphatic rings. The highest BCUT2D eigenvalue weighted by atomic mass is 35.5. The van der Waals surface area contributed by atoms with Gasteiger partial charge in [-0.05, 0) is 69.2 Å². The van der Waals surface area contributed by atoms with Crippen LogP contribution in [-0.4, -0.2) is 11.1 Å². The van der Waals surface area contributed by atoms with Crippen LogP contribution in [0.15, 0.2) is 42.5 Å². The van der Waals surface area contributed by atoms with Crippen molar-refractivity contribution in [1.82, 2.24) is 4.98 Å². The Labute approximate surface area is 147 Å². The number of aromatic nitrogens is 1.